The van der Waals surface area contributed by atoms with Crippen molar-refractivity contribution in [2.24, 2.45) is 0 Å². The first-order chi connectivity index (χ1) is 10.9. The van der Waals surface area contributed by atoms with Crippen molar-refractivity contribution in [2.75, 3.05) is 7.11 Å². The minimum atomic E-state index is 0.00226. The van der Waals surface area contributed by atoms with E-state index in [1.807, 2.05) is 32.0 Å². The Kier molecular flexibility index (Phi) is 5.43. The Balaban J connectivity index is 2.02. The minimum Gasteiger partial charge on any atom is -0.496 e. The van der Waals surface area contributed by atoms with Crippen LogP contribution < -0.4 is 10.1 Å². The first-order valence-corrected chi connectivity index (χ1v) is 7.90. The fraction of sp³-hybridized carbons (Fsp3) is 0.350. The first-order valence-electron chi connectivity index (χ1n) is 7.90. The van der Waals surface area contributed by atoms with Crippen LogP contribution >= 0.6 is 0 Å². The molecule has 23 heavy (non-hydrogen) atoms. The van der Waals surface area contributed by atoms with Gasteiger partial charge in [-0.25, -0.2) is 0 Å². The van der Waals surface area contributed by atoms with Crippen LogP contribution in [0.3, 0.4) is 0 Å². The van der Waals surface area contributed by atoms with Gasteiger partial charge in [0, 0.05) is 0 Å². The number of amides is 1. The molecule has 0 aliphatic rings. The number of hydrogen-bond donors (Lipinski definition) is 1. The number of carbonyl (C=O) groups is 1. The van der Waals surface area contributed by atoms with E-state index in [4.69, 9.17) is 4.74 Å². The van der Waals surface area contributed by atoms with Gasteiger partial charge in [-0.05, 0) is 56.0 Å². The molecule has 0 aromatic heterocycles. The van der Waals surface area contributed by atoms with Gasteiger partial charge in [-0.15, -0.1) is 0 Å². The van der Waals surface area contributed by atoms with Crippen molar-refractivity contribution in [1.29, 1.82) is 0 Å². The Morgan fingerprint density at radius 3 is 2.43 bits per heavy atom. The van der Waals surface area contributed by atoms with E-state index in [9.17, 15) is 4.79 Å². The largest absolute Gasteiger partial charge is 0.496 e. The Morgan fingerprint density at radius 1 is 1.09 bits per heavy atom. The van der Waals surface area contributed by atoms with Gasteiger partial charge in [-0.2, -0.15) is 0 Å². The van der Waals surface area contributed by atoms with Crippen LogP contribution in [0.4, 0.5) is 0 Å². The maximum Gasteiger partial charge on any atom is 0.224 e. The van der Waals surface area contributed by atoms with Crippen LogP contribution in [0.1, 0.15) is 40.8 Å². The van der Waals surface area contributed by atoms with Crippen molar-refractivity contribution in [3.05, 3.63) is 64.2 Å². The summed E-state index contributed by atoms with van der Waals surface area (Å²) in [5.41, 5.74) is 5.64. The van der Waals surface area contributed by atoms with Crippen molar-refractivity contribution in [1.82, 2.24) is 5.32 Å². The molecular weight excluding hydrogens is 286 g/mol. The molecule has 0 saturated heterocycles. The van der Waals surface area contributed by atoms with E-state index < -0.39 is 0 Å². The Labute approximate surface area is 138 Å². The molecule has 3 nitrogen and oxygen atoms in total. The molecular formula is C20H25NO2. The van der Waals surface area contributed by atoms with Crippen molar-refractivity contribution in [3.63, 3.8) is 0 Å². The highest BCUT2D eigenvalue weighted by atomic mass is 16.5. The summed E-state index contributed by atoms with van der Waals surface area (Å²) in [6.45, 7) is 8.16. The van der Waals surface area contributed by atoms with Crippen molar-refractivity contribution in [2.45, 2.75) is 40.2 Å². The van der Waals surface area contributed by atoms with E-state index in [1.54, 1.807) is 7.11 Å². The van der Waals surface area contributed by atoms with Crippen molar-refractivity contribution < 1.29 is 9.53 Å². The number of benzene rings is 2. The molecule has 1 N–H and O–H groups in total. The molecule has 0 aliphatic carbocycles. The van der Waals surface area contributed by atoms with Crippen molar-refractivity contribution >= 4 is 5.91 Å². The number of ether oxygens (including phenoxy) is 1. The van der Waals surface area contributed by atoms with Crippen LogP contribution in [0.25, 0.3) is 0 Å². The third kappa shape index (κ3) is 4.35. The van der Waals surface area contributed by atoms with E-state index in [0.29, 0.717) is 6.42 Å². The maximum atomic E-state index is 12.3. The lowest BCUT2D eigenvalue weighted by Gasteiger charge is -2.17. The molecule has 0 fully saturated rings. The molecule has 2 aromatic rings. The topological polar surface area (TPSA) is 38.3 Å². The fourth-order valence-corrected chi connectivity index (χ4v) is 2.92. The molecule has 0 unspecified atom stereocenters. The lowest BCUT2D eigenvalue weighted by molar-refractivity contribution is -0.121. The summed E-state index contributed by atoms with van der Waals surface area (Å²) in [6, 6.07) is 12.2. The molecule has 122 valence electrons. The highest BCUT2D eigenvalue weighted by molar-refractivity contribution is 5.79. The van der Waals surface area contributed by atoms with Crippen LogP contribution in [-0.4, -0.2) is 13.0 Å². The predicted octanol–water partition coefficient (Wildman–Crippen LogP) is 4.04. The Morgan fingerprint density at radius 2 is 1.83 bits per heavy atom. The van der Waals surface area contributed by atoms with Gasteiger partial charge in [0.2, 0.25) is 5.91 Å². The number of nitrogens with one attached hydrogen (secondary N) is 1. The van der Waals surface area contributed by atoms with Gasteiger partial charge in [0.25, 0.3) is 0 Å². The van der Waals surface area contributed by atoms with Crippen LogP contribution in [-0.2, 0) is 11.2 Å². The minimum absolute atomic E-state index is 0.00226. The summed E-state index contributed by atoms with van der Waals surface area (Å²) in [4.78, 5) is 12.3. The van der Waals surface area contributed by atoms with Crippen LogP contribution in [0.15, 0.2) is 36.4 Å². The molecule has 1 atom stereocenters. The molecule has 0 aliphatic heterocycles. The number of hydrogen-bond acceptors (Lipinski definition) is 2. The van der Waals surface area contributed by atoms with Crippen molar-refractivity contribution in [3.8, 4) is 5.75 Å². The van der Waals surface area contributed by atoms with Gasteiger partial charge in [0.1, 0.15) is 5.75 Å². The zero-order valence-corrected chi connectivity index (χ0v) is 14.6. The summed E-state index contributed by atoms with van der Waals surface area (Å²) >= 11 is 0. The summed E-state index contributed by atoms with van der Waals surface area (Å²) in [5.74, 6) is 0.875. The zero-order valence-electron chi connectivity index (χ0n) is 14.6. The highest BCUT2D eigenvalue weighted by Crippen LogP contribution is 2.20. The zero-order chi connectivity index (χ0) is 17.0. The summed E-state index contributed by atoms with van der Waals surface area (Å²) in [6.07, 6.45) is 0.375. The molecule has 0 radical (unpaired) electrons. The maximum absolute atomic E-state index is 12.3. The summed E-state index contributed by atoms with van der Waals surface area (Å²) in [5, 5.41) is 3.08. The first kappa shape index (κ1) is 17.1. The number of rotatable bonds is 5. The molecule has 2 aromatic carbocycles. The SMILES string of the molecule is COc1ccc(CC(=O)N[C@@H](C)c2ccc(C)cc2C)cc1C. The van der Waals surface area contributed by atoms with Gasteiger partial charge in [0.05, 0.1) is 19.6 Å². The molecule has 0 spiro atoms. The molecule has 0 bridgehead atoms. The lowest BCUT2D eigenvalue weighted by Crippen LogP contribution is -2.28. The van der Waals surface area contributed by atoms with E-state index in [2.05, 4.69) is 37.4 Å². The molecule has 1 amide bonds. The van der Waals surface area contributed by atoms with Gasteiger partial charge in [-0.3, -0.25) is 4.79 Å². The van der Waals surface area contributed by atoms with Gasteiger partial charge in [0.15, 0.2) is 0 Å². The van der Waals surface area contributed by atoms with Gasteiger partial charge < -0.3 is 10.1 Å². The molecule has 0 heterocycles. The Bertz CT molecular complexity index is 707. The van der Waals surface area contributed by atoms with Gasteiger partial charge in [-0.1, -0.05) is 35.9 Å². The summed E-state index contributed by atoms with van der Waals surface area (Å²) in [7, 11) is 1.65. The second-order valence-corrected chi connectivity index (χ2v) is 6.13. The number of aryl methyl sites for hydroxylation is 3. The van der Waals surface area contributed by atoms with Gasteiger partial charge >= 0.3 is 0 Å². The van der Waals surface area contributed by atoms with Crippen LogP contribution in [0.2, 0.25) is 0 Å². The second-order valence-electron chi connectivity index (χ2n) is 6.13. The van der Waals surface area contributed by atoms with E-state index in [0.717, 1.165) is 22.4 Å². The summed E-state index contributed by atoms with van der Waals surface area (Å²) < 4.78 is 5.25. The van der Waals surface area contributed by atoms with Crippen LogP contribution in [0, 0.1) is 20.8 Å². The lowest BCUT2D eigenvalue weighted by atomic mass is 10.00. The van der Waals surface area contributed by atoms with E-state index in [1.165, 1.54) is 11.1 Å². The number of methoxy groups -OCH3 is 1. The monoisotopic (exact) mass is 311 g/mol. The fourth-order valence-electron chi connectivity index (χ4n) is 2.92. The number of carbonyl (C=O) groups excluding carboxylic acids is 1. The second kappa shape index (κ2) is 7.32. The van der Waals surface area contributed by atoms with Crippen LogP contribution in [0.5, 0.6) is 5.75 Å². The quantitative estimate of drug-likeness (QED) is 0.905. The third-order valence-electron chi connectivity index (χ3n) is 4.09. The molecule has 3 heteroatoms. The molecule has 2 rings (SSSR count). The average Bonchev–Trinajstić information content (AvgIpc) is 2.47. The standard InChI is InChI=1S/C20H25NO2/c1-13-6-8-18(14(2)10-13)16(4)21-20(22)12-17-7-9-19(23-5)15(3)11-17/h6-11,16H,12H2,1-5H3,(H,21,22)/t16-/m0/s1. The molecule has 0 saturated carbocycles. The average molecular weight is 311 g/mol. The van der Waals surface area contributed by atoms with E-state index >= 15 is 0 Å². The highest BCUT2D eigenvalue weighted by Gasteiger charge is 2.12. The Hall–Kier alpha value is -2.29. The third-order valence-corrected chi connectivity index (χ3v) is 4.09. The normalized spacial score (nSPS) is 11.9. The van der Waals surface area contributed by atoms with E-state index in [-0.39, 0.29) is 11.9 Å². The predicted molar refractivity (Wildman–Crippen MR) is 93.9 cm³/mol. The smallest absolute Gasteiger partial charge is 0.224 e.